The van der Waals surface area contributed by atoms with Crippen LogP contribution in [0.15, 0.2) is 42.5 Å². The van der Waals surface area contributed by atoms with Crippen LogP contribution < -0.4 is 0 Å². The Morgan fingerprint density at radius 3 is 2.22 bits per heavy atom. The Labute approximate surface area is 162 Å². The molecule has 0 fully saturated rings. The number of allylic oxidation sites excluding steroid dienone is 2. The Morgan fingerprint density at radius 2 is 1.59 bits per heavy atom. The summed E-state index contributed by atoms with van der Waals surface area (Å²) in [5.74, 6) is -0.741. The predicted octanol–water partition coefficient (Wildman–Crippen LogP) is 7.96. The van der Waals surface area contributed by atoms with Crippen LogP contribution >= 0.6 is 0 Å². The van der Waals surface area contributed by atoms with Crippen molar-refractivity contribution in [2.75, 3.05) is 0 Å². The van der Waals surface area contributed by atoms with E-state index in [0.717, 1.165) is 36.8 Å². The highest BCUT2D eigenvalue weighted by Crippen LogP contribution is 2.36. The van der Waals surface area contributed by atoms with Crippen LogP contribution in [0.4, 0.5) is 8.78 Å². The van der Waals surface area contributed by atoms with Gasteiger partial charge < -0.3 is 0 Å². The minimum Gasteiger partial charge on any atom is -0.203 e. The number of hydrogen-bond acceptors (Lipinski definition) is 0. The summed E-state index contributed by atoms with van der Waals surface area (Å²) in [7, 11) is 0. The van der Waals surface area contributed by atoms with Gasteiger partial charge in [-0.05, 0) is 48.3 Å². The molecule has 0 heterocycles. The fourth-order valence-electron chi connectivity index (χ4n) is 4.02. The van der Waals surface area contributed by atoms with E-state index < -0.39 is 11.6 Å². The monoisotopic (exact) mass is 368 g/mol. The first-order valence-electron chi connectivity index (χ1n) is 10.4. The fraction of sp³-hybridized carbons (Fsp3) is 0.440. The lowest BCUT2D eigenvalue weighted by Gasteiger charge is -2.22. The summed E-state index contributed by atoms with van der Waals surface area (Å²) in [4.78, 5) is 0. The van der Waals surface area contributed by atoms with Gasteiger partial charge in [0.2, 0.25) is 0 Å². The Hall–Kier alpha value is -1.96. The summed E-state index contributed by atoms with van der Waals surface area (Å²) in [5, 5.41) is 0. The number of unbranched alkanes of at least 4 members (excludes halogenated alkanes) is 2. The minimum absolute atomic E-state index is 0.341. The van der Waals surface area contributed by atoms with Gasteiger partial charge in [-0.15, -0.1) is 0 Å². The molecule has 0 radical (unpaired) electrons. The second-order valence-electron chi connectivity index (χ2n) is 7.70. The van der Waals surface area contributed by atoms with Crippen molar-refractivity contribution in [3.8, 4) is 11.1 Å². The molecule has 0 saturated heterocycles. The number of benzene rings is 2. The Kier molecular flexibility index (Phi) is 6.82. The SMILES string of the molecule is CCCCCC1CC=C(c2ccc(-c3ccc(CC)cc3)c(F)c2F)CC1. The van der Waals surface area contributed by atoms with E-state index in [1.807, 2.05) is 24.3 Å². The average Bonchev–Trinajstić information content (AvgIpc) is 2.71. The van der Waals surface area contributed by atoms with Crippen molar-refractivity contribution in [3.05, 3.63) is 65.2 Å². The summed E-state index contributed by atoms with van der Waals surface area (Å²) in [6.45, 7) is 4.30. The predicted molar refractivity (Wildman–Crippen MR) is 111 cm³/mol. The molecule has 0 N–H and O–H groups in total. The second kappa shape index (κ2) is 9.30. The molecule has 3 rings (SSSR count). The molecular weight excluding hydrogens is 338 g/mol. The molecule has 0 bridgehead atoms. The van der Waals surface area contributed by atoms with Crippen molar-refractivity contribution in [3.63, 3.8) is 0 Å². The third-order valence-corrected chi connectivity index (χ3v) is 5.84. The van der Waals surface area contributed by atoms with E-state index in [9.17, 15) is 8.78 Å². The lowest BCUT2D eigenvalue weighted by atomic mass is 9.83. The molecular formula is C25H30F2. The lowest BCUT2D eigenvalue weighted by molar-refractivity contribution is 0.427. The molecule has 1 aliphatic carbocycles. The molecule has 0 amide bonds. The fourth-order valence-corrected chi connectivity index (χ4v) is 4.02. The van der Waals surface area contributed by atoms with Crippen LogP contribution in [0, 0.1) is 17.6 Å². The Morgan fingerprint density at radius 1 is 0.889 bits per heavy atom. The van der Waals surface area contributed by atoms with E-state index in [-0.39, 0.29) is 0 Å². The first kappa shape index (κ1) is 19.8. The van der Waals surface area contributed by atoms with Gasteiger partial charge in [-0.25, -0.2) is 8.78 Å². The molecule has 2 heteroatoms. The van der Waals surface area contributed by atoms with Gasteiger partial charge in [0.15, 0.2) is 11.6 Å². The number of halogens is 2. The van der Waals surface area contributed by atoms with E-state index >= 15 is 0 Å². The molecule has 2 aromatic rings. The lowest BCUT2D eigenvalue weighted by Crippen LogP contribution is -2.07. The van der Waals surface area contributed by atoms with Crippen molar-refractivity contribution in [1.82, 2.24) is 0 Å². The summed E-state index contributed by atoms with van der Waals surface area (Å²) >= 11 is 0. The van der Waals surface area contributed by atoms with Crippen LogP contribution in [-0.4, -0.2) is 0 Å². The topological polar surface area (TPSA) is 0 Å². The number of aryl methyl sites for hydroxylation is 1. The van der Waals surface area contributed by atoms with Crippen LogP contribution in [0.1, 0.15) is 69.9 Å². The maximum atomic E-state index is 14.8. The molecule has 0 nitrogen and oxygen atoms in total. The van der Waals surface area contributed by atoms with Crippen LogP contribution in [0.2, 0.25) is 0 Å². The zero-order valence-electron chi connectivity index (χ0n) is 16.5. The van der Waals surface area contributed by atoms with Gasteiger partial charge in [-0.3, -0.25) is 0 Å². The Balaban J connectivity index is 1.77. The van der Waals surface area contributed by atoms with E-state index in [0.29, 0.717) is 17.0 Å². The molecule has 144 valence electrons. The van der Waals surface area contributed by atoms with Gasteiger partial charge in [0.05, 0.1) is 0 Å². The zero-order chi connectivity index (χ0) is 19.2. The minimum atomic E-state index is -0.734. The van der Waals surface area contributed by atoms with Crippen LogP contribution in [0.3, 0.4) is 0 Å². The summed E-state index contributed by atoms with van der Waals surface area (Å²) in [6.07, 6.45) is 11.0. The molecule has 1 aliphatic rings. The van der Waals surface area contributed by atoms with E-state index in [1.165, 1.54) is 31.2 Å². The van der Waals surface area contributed by atoms with E-state index in [1.54, 1.807) is 12.1 Å². The Bertz CT molecular complexity index is 787. The quantitative estimate of drug-likeness (QED) is 0.435. The molecule has 0 aromatic heterocycles. The molecule has 0 spiro atoms. The maximum Gasteiger partial charge on any atom is 0.167 e. The molecule has 0 saturated carbocycles. The highest BCUT2D eigenvalue weighted by molar-refractivity contribution is 5.72. The van der Waals surface area contributed by atoms with Crippen molar-refractivity contribution in [2.24, 2.45) is 5.92 Å². The normalized spacial score (nSPS) is 17.0. The van der Waals surface area contributed by atoms with E-state index in [4.69, 9.17) is 0 Å². The highest BCUT2D eigenvalue weighted by Gasteiger charge is 2.21. The summed E-state index contributed by atoms with van der Waals surface area (Å²) in [5.41, 5.74) is 3.66. The molecule has 27 heavy (non-hydrogen) atoms. The van der Waals surface area contributed by atoms with Crippen molar-refractivity contribution < 1.29 is 8.78 Å². The highest BCUT2D eigenvalue weighted by atomic mass is 19.2. The first-order valence-corrected chi connectivity index (χ1v) is 10.4. The maximum absolute atomic E-state index is 14.8. The summed E-state index contributed by atoms with van der Waals surface area (Å²) < 4.78 is 29.6. The molecule has 0 aliphatic heterocycles. The van der Waals surface area contributed by atoms with Crippen LogP contribution in [-0.2, 0) is 6.42 Å². The molecule has 1 atom stereocenters. The van der Waals surface area contributed by atoms with Crippen molar-refractivity contribution in [2.45, 2.75) is 65.2 Å². The largest absolute Gasteiger partial charge is 0.203 e. The van der Waals surface area contributed by atoms with Gasteiger partial charge in [-0.1, -0.05) is 82.0 Å². The van der Waals surface area contributed by atoms with Gasteiger partial charge in [-0.2, -0.15) is 0 Å². The van der Waals surface area contributed by atoms with Crippen LogP contribution in [0.25, 0.3) is 16.7 Å². The second-order valence-corrected chi connectivity index (χ2v) is 7.70. The van der Waals surface area contributed by atoms with Gasteiger partial charge in [0.25, 0.3) is 0 Å². The standard InChI is InChI=1S/C25H30F2/c1-3-5-6-7-19-10-14-21(15-11-19)23-17-16-22(24(26)25(23)27)20-12-8-18(4-2)9-13-20/h8-9,12-14,16-17,19H,3-7,10-11,15H2,1-2H3. The summed E-state index contributed by atoms with van der Waals surface area (Å²) in [6, 6.07) is 11.2. The third kappa shape index (κ3) is 4.66. The van der Waals surface area contributed by atoms with Crippen molar-refractivity contribution in [1.29, 1.82) is 0 Å². The van der Waals surface area contributed by atoms with Gasteiger partial charge in [0, 0.05) is 11.1 Å². The van der Waals surface area contributed by atoms with Crippen molar-refractivity contribution >= 4 is 5.57 Å². The molecule has 1 unspecified atom stereocenters. The number of hydrogen-bond donors (Lipinski definition) is 0. The zero-order valence-corrected chi connectivity index (χ0v) is 16.5. The van der Waals surface area contributed by atoms with Crippen LogP contribution in [0.5, 0.6) is 0 Å². The first-order chi connectivity index (χ1) is 13.1. The molecule has 2 aromatic carbocycles. The van der Waals surface area contributed by atoms with Gasteiger partial charge >= 0.3 is 0 Å². The average molecular weight is 369 g/mol. The van der Waals surface area contributed by atoms with Gasteiger partial charge in [0.1, 0.15) is 0 Å². The third-order valence-electron chi connectivity index (χ3n) is 5.84. The smallest absolute Gasteiger partial charge is 0.167 e. The van der Waals surface area contributed by atoms with E-state index in [2.05, 4.69) is 19.9 Å². The number of rotatable bonds is 7.